The maximum Gasteiger partial charge on any atom is 0.573 e. The van der Waals surface area contributed by atoms with Gasteiger partial charge in [0, 0.05) is 12.6 Å². The lowest BCUT2D eigenvalue weighted by atomic mass is 9.99. The van der Waals surface area contributed by atoms with E-state index in [0.717, 1.165) is 12.1 Å². The second-order valence-electron chi connectivity index (χ2n) is 5.58. The highest BCUT2D eigenvalue weighted by Gasteiger charge is 2.35. The fourth-order valence-corrected chi connectivity index (χ4v) is 2.70. The molecule has 10 heteroatoms. The van der Waals surface area contributed by atoms with Gasteiger partial charge in [-0.05, 0) is 35.9 Å². The van der Waals surface area contributed by atoms with Crippen LogP contribution in [0.25, 0.3) is 0 Å². The van der Waals surface area contributed by atoms with E-state index in [0.29, 0.717) is 5.69 Å². The summed E-state index contributed by atoms with van der Waals surface area (Å²) in [5.41, 5.74) is 0.503. The van der Waals surface area contributed by atoms with Gasteiger partial charge in [0.25, 0.3) is 0 Å². The minimum Gasteiger partial charge on any atom is -0.477 e. The van der Waals surface area contributed by atoms with E-state index in [1.807, 2.05) is 0 Å². The molecule has 0 bridgehead atoms. The van der Waals surface area contributed by atoms with Gasteiger partial charge in [-0.3, -0.25) is 9.99 Å². The van der Waals surface area contributed by atoms with E-state index in [9.17, 15) is 23.1 Å². The number of hydrogen-bond acceptors (Lipinski definition) is 6. The molecule has 3 rings (SSSR count). The monoisotopic (exact) mass is 376 g/mol. The lowest BCUT2D eigenvalue weighted by molar-refractivity contribution is -0.274. The molecule has 1 aliphatic rings. The van der Waals surface area contributed by atoms with Crippen molar-refractivity contribution >= 4 is 17.4 Å². The Morgan fingerprint density at radius 3 is 2.74 bits per heavy atom. The lowest BCUT2D eigenvalue weighted by Crippen LogP contribution is -2.20. The third-order valence-corrected chi connectivity index (χ3v) is 3.74. The van der Waals surface area contributed by atoms with E-state index in [1.54, 1.807) is 18.2 Å². The first-order valence-electron chi connectivity index (χ1n) is 7.57. The van der Waals surface area contributed by atoms with E-state index in [1.165, 1.54) is 23.5 Å². The number of carboxylic acid groups (broad SMARTS) is 1. The molecule has 27 heavy (non-hydrogen) atoms. The molecular weight excluding hydrogens is 365 g/mol. The average molecular weight is 376 g/mol. The minimum atomic E-state index is -4.92. The summed E-state index contributed by atoms with van der Waals surface area (Å²) in [4.78, 5) is 15.3. The Kier molecular flexibility index (Phi) is 4.68. The van der Waals surface area contributed by atoms with Gasteiger partial charge in [-0.2, -0.15) is 10.4 Å². The largest absolute Gasteiger partial charge is 0.573 e. The van der Waals surface area contributed by atoms with Crippen molar-refractivity contribution in [3.05, 3.63) is 53.9 Å². The molecule has 7 nitrogen and oxygen atoms in total. The number of pyridine rings is 1. The number of anilines is 1. The standard InChI is InChI=1S/C17H11F3N4O3/c18-17(19,20)27-13-5-10(8-21)4-11(6-13)15-7-14(16(25)26)23-24(15)12-2-1-3-22-9-12/h1-6,9,15H,7H2,(H,25,26). The molecule has 0 aliphatic carbocycles. The van der Waals surface area contributed by atoms with Gasteiger partial charge < -0.3 is 9.84 Å². The van der Waals surface area contributed by atoms with Crippen LogP contribution in [0.4, 0.5) is 18.9 Å². The second-order valence-corrected chi connectivity index (χ2v) is 5.58. The van der Waals surface area contributed by atoms with Crippen molar-refractivity contribution in [2.45, 2.75) is 18.8 Å². The summed E-state index contributed by atoms with van der Waals surface area (Å²) in [6.07, 6.45) is -2.03. The van der Waals surface area contributed by atoms with Gasteiger partial charge in [-0.25, -0.2) is 4.79 Å². The van der Waals surface area contributed by atoms with Crippen LogP contribution in [0.1, 0.15) is 23.6 Å². The molecule has 0 radical (unpaired) electrons. The van der Waals surface area contributed by atoms with Crippen LogP contribution in [0.3, 0.4) is 0 Å². The molecule has 1 aliphatic heterocycles. The van der Waals surface area contributed by atoms with Crippen LogP contribution < -0.4 is 9.75 Å². The molecule has 0 amide bonds. The van der Waals surface area contributed by atoms with Gasteiger partial charge in [0.2, 0.25) is 0 Å². The first-order chi connectivity index (χ1) is 12.8. The van der Waals surface area contributed by atoms with Crippen LogP contribution in [-0.2, 0) is 4.79 Å². The number of benzene rings is 1. The predicted molar refractivity (Wildman–Crippen MR) is 87.0 cm³/mol. The molecule has 1 atom stereocenters. The highest BCUT2D eigenvalue weighted by atomic mass is 19.4. The van der Waals surface area contributed by atoms with Crippen molar-refractivity contribution in [1.29, 1.82) is 5.26 Å². The number of nitriles is 1. The number of aromatic nitrogens is 1. The number of carboxylic acids is 1. The van der Waals surface area contributed by atoms with Crippen molar-refractivity contribution in [2.24, 2.45) is 5.10 Å². The molecule has 1 aromatic carbocycles. The van der Waals surface area contributed by atoms with E-state index < -0.39 is 24.1 Å². The number of rotatable bonds is 4. The fraction of sp³-hybridized carbons (Fsp3) is 0.176. The Labute approximate surface area is 150 Å². The maximum atomic E-state index is 12.6. The molecule has 2 aromatic rings. The Balaban J connectivity index is 2.04. The van der Waals surface area contributed by atoms with Gasteiger partial charge in [-0.1, -0.05) is 0 Å². The summed E-state index contributed by atoms with van der Waals surface area (Å²) < 4.78 is 41.6. The van der Waals surface area contributed by atoms with Crippen molar-refractivity contribution in [1.82, 2.24) is 4.98 Å². The summed E-state index contributed by atoms with van der Waals surface area (Å²) in [5.74, 6) is -1.80. The highest BCUT2D eigenvalue weighted by Crippen LogP contribution is 2.37. The van der Waals surface area contributed by atoms with Crippen LogP contribution in [0, 0.1) is 11.3 Å². The smallest absolute Gasteiger partial charge is 0.477 e. The van der Waals surface area contributed by atoms with Crippen LogP contribution in [0.5, 0.6) is 5.75 Å². The third kappa shape index (κ3) is 4.14. The van der Waals surface area contributed by atoms with Crippen molar-refractivity contribution < 1.29 is 27.8 Å². The molecule has 0 saturated heterocycles. The third-order valence-electron chi connectivity index (χ3n) is 3.74. The van der Waals surface area contributed by atoms with Crippen LogP contribution in [0.2, 0.25) is 0 Å². The Morgan fingerprint density at radius 1 is 1.37 bits per heavy atom. The molecule has 2 heterocycles. The first kappa shape index (κ1) is 18.2. The number of ether oxygens (including phenoxy) is 1. The molecule has 0 saturated carbocycles. The first-order valence-corrected chi connectivity index (χ1v) is 7.57. The van der Waals surface area contributed by atoms with E-state index in [4.69, 9.17) is 5.26 Å². The van der Waals surface area contributed by atoms with E-state index in [2.05, 4.69) is 14.8 Å². The van der Waals surface area contributed by atoms with Gasteiger partial charge in [-0.15, -0.1) is 13.2 Å². The number of carbonyl (C=O) groups is 1. The summed E-state index contributed by atoms with van der Waals surface area (Å²) in [7, 11) is 0. The Morgan fingerprint density at radius 2 is 2.15 bits per heavy atom. The lowest BCUT2D eigenvalue weighted by Gasteiger charge is -2.24. The summed E-state index contributed by atoms with van der Waals surface area (Å²) >= 11 is 0. The number of alkyl halides is 3. The predicted octanol–water partition coefficient (Wildman–Crippen LogP) is 3.24. The minimum absolute atomic E-state index is 0.0540. The highest BCUT2D eigenvalue weighted by molar-refractivity contribution is 6.36. The van der Waals surface area contributed by atoms with Gasteiger partial charge >= 0.3 is 12.3 Å². The topological polar surface area (TPSA) is 98.8 Å². The van der Waals surface area contributed by atoms with Crippen molar-refractivity contribution in [3.63, 3.8) is 0 Å². The molecule has 0 spiro atoms. The second kappa shape index (κ2) is 6.95. The molecule has 1 unspecified atom stereocenters. The van der Waals surface area contributed by atoms with Crippen molar-refractivity contribution in [3.8, 4) is 11.8 Å². The average Bonchev–Trinajstić information content (AvgIpc) is 3.06. The number of hydrazone groups is 1. The van der Waals surface area contributed by atoms with E-state index >= 15 is 0 Å². The van der Waals surface area contributed by atoms with Gasteiger partial charge in [0.15, 0.2) is 0 Å². The zero-order valence-electron chi connectivity index (χ0n) is 13.5. The normalized spacial score (nSPS) is 16.6. The van der Waals surface area contributed by atoms with E-state index in [-0.39, 0.29) is 23.3 Å². The van der Waals surface area contributed by atoms with Gasteiger partial charge in [0.05, 0.1) is 29.6 Å². The van der Waals surface area contributed by atoms with Crippen LogP contribution >= 0.6 is 0 Å². The quantitative estimate of drug-likeness (QED) is 0.880. The Hall–Kier alpha value is -3.61. The number of aliphatic carboxylic acids is 1. The van der Waals surface area contributed by atoms with Gasteiger partial charge in [0.1, 0.15) is 11.5 Å². The zero-order chi connectivity index (χ0) is 19.6. The molecule has 0 fully saturated rings. The molecule has 1 aromatic heterocycles. The summed E-state index contributed by atoms with van der Waals surface area (Å²) in [6.45, 7) is 0. The Bertz CT molecular complexity index is 939. The van der Waals surface area contributed by atoms with Crippen molar-refractivity contribution in [2.75, 3.05) is 5.01 Å². The summed E-state index contributed by atoms with van der Waals surface area (Å²) in [6, 6.07) is 7.74. The van der Waals surface area contributed by atoms with Crippen LogP contribution in [0.15, 0.2) is 47.8 Å². The molecular formula is C17H11F3N4O3. The SMILES string of the molecule is N#Cc1cc(OC(F)(F)F)cc(C2CC(C(=O)O)=NN2c2cccnc2)c1. The zero-order valence-corrected chi connectivity index (χ0v) is 13.5. The molecule has 1 N–H and O–H groups in total. The van der Waals surface area contributed by atoms with Crippen LogP contribution in [-0.4, -0.2) is 28.1 Å². The molecule has 138 valence electrons. The fourth-order valence-electron chi connectivity index (χ4n) is 2.70. The number of hydrogen-bond donors (Lipinski definition) is 1. The number of nitrogens with zero attached hydrogens (tertiary/aromatic N) is 4. The summed E-state index contributed by atoms with van der Waals surface area (Å²) in [5, 5.41) is 23.8. The number of halogens is 3. The maximum absolute atomic E-state index is 12.6.